The Morgan fingerprint density at radius 2 is 0.643 bits per heavy atom. The average molecular weight is 785 g/mol. The van der Waals surface area contributed by atoms with E-state index in [-0.39, 0.29) is 31.1 Å². The van der Waals surface area contributed by atoms with Gasteiger partial charge in [-0.15, -0.1) is 0 Å². The van der Waals surface area contributed by atoms with Crippen LogP contribution in [-0.4, -0.2) is 37.2 Å². The molecule has 0 aromatic heterocycles. The van der Waals surface area contributed by atoms with Crippen LogP contribution in [0.2, 0.25) is 0 Å². The molecule has 0 amide bonds. The Bertz CT molecular complexity index is 996. The van der Waals surface area contributed by atoms with E-state index in [1.54, 1.807) is 0 Å². The standard InChI is InChI=1S/C50H88O6/c1-4-7-10-13-16-19-22-23-24-25-26-29-31-34-37-40-43-49(52)55-46-47(56-50(53)44-41-38-35-32-28-21-18-15-12-9-6-3)45-54-48(51)42-39-36-33-30-27-20-17-14-11-8-5-2/h15,18,21,24-26,28-29,47H,4-14,16-17,19-20,22-23,27,30-46H2,1-3H3/b18-15-,25-24-,28-21-,29-26-. The lowest BCUT2D eigenvalue weighted by molar-refractivity contribution is -0.167. The van der Waals surface area contributed by atoms with Crippen LogP contribution in [0.5, 0.6) is 0 Å². The molecule has 0 saturated heterocycles. The molecule has 0 aliphatic rings. The molecule has 0 heterocycles. The molecule has 0 aromatic rings. The molecule has 0 aromatic carbocycles. The third-order valence-corrected chi connectivity index (χ3v) is 10.1. The molecule has 56 heavy (non-hydrogen) atoms. The van der Waals surface area contributed by atoms with E-state index >= 15 is 0 Å². The number of rotatable bonds is 42. The van der Waals surface area contributed by atoms with Gasteiger partial charge in [-0.3, -0.25) is 14.4 Å². The van der Waals surface area contributed by atoms with Gasteiger partial charge in [-0.05, 0) is 64.2 Å². The van der Waals surface area contributed by atoms with Crippen molar-refractivity contribution in [2.75, 3.05) is 13.2 Å². The maximum Gasteiger partial charge on any atom is 0.306 e. The van der Waals surface area contributed by atoms with Crippen molar-refractivity contribution in [3.8, 4) is 0 Å². The average Bonchev–Trinajstić information content (AvgIpc) is 3.19. The highest BCUT2D eigenvalue weighted by Crippen LogP contribution is 2.14. The number of hydrogen-bond donors (Lipinski definition) is 0. The minimum absolute atomic E-state index is 0.0910. The second-order valence-electron chi connectivity index (χ2n) is 15.7. The molecule has 1 unspecified atom stereocenters. The molecule has 0 saturated carbocycles. The van der Waals surface area contributed by atoms with Gasteiger partial charge in [0.2, 0.25) is 0 Å². The third kappa shape index (κ3) is 42.5. The summed E-state index contributed by atoms with van der Waals surface area (Å²) in [4.78, 5) is 37.7. The van der Waals surface area contributed by atoms with E-state index in [0.29, 0.717) is 19.3 Å². The van der Waals surface area contributed by atoms with Gasteiger partial charge in [0, 0.05) is 19.3 Å². The van der Waals surface area contributed by atoms with Crippen molar-refractivity contribution < 1.29 is 28.6 Å². The molecular weight excluding hydrogens is 697 g/mol. The van der Waals surface area contributed by atoms with Crippen LogP contribution < -0.4 is 0 Å². The number of unbranched alkanes of at least 4 members (excludes halogenated alkanes) is 25. The molecule has 0 fully saturated rings. The minimum atomic E-state index is -0.792. The first-order chi connectivity index (χ1) is 27.5. The molecule has 0 aliphatic carbocycles. The lowest BCUT2D eigenvalue weighted by Gasteiger charge is -2.18. The molecule has 324 valence electrons. The molecule has 0 rings (SSSR count). The number of ether oxygens (including phenoxy) is 3. The maximum absolute atomic E-state index is 12.7. The summed E-state index contributed by atoms with van der Waals surface area (Å²) in [7, 11) is 0. The fourth-order valence-corrected chi connectivity index (χ4v) is 6.47. The number of hydrogen-bond acceptors (Lipinski definition) is 6. The van der Waals surface area contributed by atoms with E-state index in [2.05, 4.69) is 69.4 Å². The zero-order valence-electron chi connectivity index (χ0n) is 36.9. The summed E-state index contributed by atoms with van der Waals surface area (Å²) in [5.41, 5.74) is 0. The summed E-state index contributed by atoms with van der Waals surface area (Å²) >= 11 is 0. The first kappa shape index (κ1) is 53.4. The summed E-state index contributed by atoms with van der Waals surface area (Å²) in [6, 6.07) is 0. The number of carbonyl (C=O) groups is 3. The molecule has 0 spiro atoms. The van der Waals surface area contributed by atoms with E-state index < -0.39 is 6.10 Å². The zero-order chi connectivity index (χ0) is 40.8. The van der Waals surface area contributed by atoms with Gasteiger partial charge in [-0.2, -0.15) is 0 Å². The topological polar surface area (TPSA) is 78.9 Å². The highest BCUT2D eigenvalue weighted by molar-refractivity contribution is 5.71. The predicted molar refractivity (Wildman–Crippen MR) is 238 cm³/mol. The summed E-state index contributed by atoms with van der Waals surface area (Å²) in [6.07, 6.45) is 52.4. The van der Waals surface area contributed by atoms with Crippen molar-refractivity contribution in [2.24, 2.45) is 0 Å². The normalized spacial score (nSPS) is 12.4. The van der Waals surface area contributed by atoms with Crippen LogP contribution in [0.15, 0.2) is 48.6 Å². The van der Waals surface area contributed by atoms with Gasteiger partial charge in [-0.1, -0.05) is 198 Å². The fraction of sp³-hybridized carbons (Fsp3) is 0.780. The summed E-state index contributed by atoms with van der Waals surface area (Å²) in [6.45, 7) is 6.52. The van der Waals surface area contributed by atoms with Gasteiger partial charge in [-0.25, -0.2) is 0 Å². The van der Waals surface area contributed by atoms with Crippen LogP contribution in [0.25, 0.3) is 0 Å². The Morgan fingerprint density at radius 3 is 1.02 bits per heavy atom. The van der Waals surface area contributed by atoms with Gasteiger partial charge < -0.3 is 14.2 Å². The second kappa shape index (κ2) is 45.1. The van der Waals surface area contributed by atoms with E-state index in [4.69, 9.17) is 14.2 Å². The Labute approximate surface area is 346 Å². The quantitative estimate of drug-likeness (QED) is 0.0265. The van der Waals surface area contributed by atoms with Crippen LogP contribution in [-0.2, 0) is 28.6 Å². The predicted octanol–water partition coefficient (Wildman–Crippen LogP) is 15.1. The van der Waals surface area contributed by atoms with Crippen molar-refractivity contribution in [3.63, 3.8) is 0 Å². The first-order valence-corrected chi connectivity index (χ1v) is 23.7. The van der Waals surface area contributed by atoms with Crippen molar-refractivity contribution >= 4 is 17.9 Å². The summed E-state index contributed by atoms with van der Waals surface area (Å²) < 4.78 is 16.7. The van der Waals surface area contributed by atoms with Gasteiger partial charge >= 0.3 is 17.9 Å². The van der Waals surface area contributed by atoms with E-state index in [1.807, 2.05) is 0 Å². The van der Waals surface area contributed by atoms with Crippen LogP contribution in [0.3, 0.4) is 0 Å². The molecule has 0 N–H and O–H groups in total. The maximum atomic E-state index is 12.7. The smallest absolute Gasteiger partial charge is 0.306 e. The summed E-state index contributed by atoms with van der Waals surface area (Å²) in [5, 5.41) is 0. The lowest BCUT2D eigenvalue weighted by atomic mass is 10.1. The lowest BCUT2D eigenvalue weighted by Crippen LogP contribution is -2.30. The van der Waals surface area contributed by atoms with Crippen molar-refractivity contribution in [2.45, 2.75) is 239 Å². The van der Waals surface area contributed by atoms with Crippen LogP contribution in [0, 0.1) is 0 Å². The first-order valence-electron chi connectivity index (χ1n) is 23.7. The number of carbonyl (C=O) groups excluding carboxylic acids is 3. The zero-order valence-corrected chi connectivity index (χ0v) is 36.9. The largest absolute Gasteiger partial charge is 0.462 e. The Hall–Kier alpha value is -2.63. The molecule has 0 radical (unpaired) electrons. The van der Waals surface area contributed by atoms with Crippen molar-refractivity contribution in [3.05, 3.63) is 48.6 Å². The number of allylic oxidation sites excluding steroid dienone is 8. The van der Waals surface area contributed by atoms with Gasteiger partial charge in [0.1, 0.15) is 13.2 Å². The van der Waals surface area contributed by atoms with Crippen molar-refractivity contribution in [1.29, 1.82) is 0 Å². The Balaban J connectivity index is 4.42. The highest BCUT2D eigenvalue weighted by atomic mass is 16.6. The molecule has 0 bridgehead atoms. The van der Waals surface area contributed by atoms with E-state index in [1.165, 1.54) is 109 Å². The third-order valence-electron chi connectivity index (χ3n) is 10.1. The van der Waals surface area contributed by atoms with E-state index in [0.717, 1.165) is 83.5 Å². The van der Waals surface area contributed by atoms with Gasteiger partial charge in [0.05, 0.1) is 0 Å². The molecule has 6 heteroatoms. The monoisotopic (exact) mass is 785 g/mol. The minimum Gasteiger partial charge on any atom is -0.462 e. The molecule has 1 atom stereocenters. The number of esters is 3. The van der Waals surface area contributed by atoms with Crippen LogP contribution >= 0.6 is 0 Å². The SMILES string of the molecule is CCCC/C=C\C=C/CCCCCC(=O)OC(COC(=O)CCCCC/C=C\C=C/CCCCCCCCC)COC(=O)CCCCCCCCCCCCC. The Kier molecular flexibility index (Phi) is 43.0. The fourth-order valence-electron chi connectivity index (χ4n) is 6.47. The van der Waals surface area contributed by atoms with Crippen molar-refractivity contribution in [1.82, 2.24) is 0 Å². The highest BCUT2D eigenvalue weighted by Gasteiger charge is 2.19. The van der Waals surface area contributed by atoms with Gasteiger partial charge in [0.15, 0.2) is 6.10 Å². The van der Waals surface area contributed by atoms with E-state index in [9.17, 15) is 14.4 Å². The van der Waals surface area contributed by atoms with Gasteiger partial charge in [0.25, 0.3) is 0 Å². The van der Waals surface area contributed by atoms with Crippen LogP contribution in [0.4, 0.5) is 0 Å². The second-order valence-corrected chi connectivity index (χ2v) is 15.7. The molecule has 0 aliphatic heterocycles. The van der Waals surface area contributed by atoms with Crippen LogP contribution in [0.1, 0.15) is 233 Å². The summed E-state index contributed by atoms with van der Waals surface area (Å²) in [5.74, 6) is -0.947. The Morgan fingerprint density at radius 1 is 0.357 bits per heavy atom. The molecule has 6 nitrogen and oxygen atoms in total. The molecular formula is C50H88O6.